The Morgan fingerprint density at radius 1 is 1.15 bits per heavy atom. The van der Waals surface area contributed by atoms with Crippen molar-refractivity contribution in [2.24, 2.45) is 0 Å². The van der Waals surface area contributed by atoms with Gasteiger partial charge in [0, 0.05) is 11.1 Å². The van der Waals surface area contributed by atoms with Crippen LogP contribution in [0.25, 0.3) is 11.1 Å². The number of aromatic nitrogens is 4. The maximum Gasteiger partial charge on any atom is 0.305 e. The Morgan fingerprint density at radius 2 is 1.93 bits per heavy atom. The molecule has 0 aliphatic carbocycles. The normalized spacial score (nSPS) is 11.7. The molecule has 0 bridgehead atoms. The van der Waals surface area contributed by atoms with Gasteiger partial charge in [-0.25, -0.2) is 0 Å². The van der Waals surface area contributed by atoms with Crippen LogP contribution in [0.1, 0.15) is 22.6 Å². The van der Waals surface area contributed by atoms with Crippen molar-refractivity contribution in [1.29, 1.82) is 0 Å². The SMILES string of the molecule is O=C(O)CC(Cc1ccc(-c2cccc(Cl)c2)cc1)NC(=O)c1nn[nH]n1. The Labute approximate surface area is 159 Å². The molecule has 2 aromatic carbocycles. The standard InChI is InChI=1S/C18H16ClN5O3/c19-14-3-1-2-13(9-14)12-6-4-11(5-7-12)8-15(10-16(25)26)20-18(27)17-21-23-24-22-17/h1-7,9,15H,8,10H2,(H,20,27)(H,25,26)(H,21,22,23,24). The summed E-state index contributed by atoms with van der Waals surface area (Å²) >= 11 is 6.02. The van der Waals surface area contributed by atoms with Gasteiger partial charge in [-0.1, -0.05) is 48.0 Å². The summed E-state index contributed by atoms with van der Waals surface area (Å²) in [4.78, 5) is 23.2. The first-order chi connectivity index (χ1) is 13.0. The Morgan fingerprint density at radius 3 is 2.56 bits per heavy atom. The number of carbonyl (C=O) groups is 2. The van der Waals surface area contributed by atoms with Crippen LogP contribution in [-0.2, 0) is 11.2 Å². The van der Waals surface area contributed by atoms with Gasteiger partial charge in [0.2, 0.25) is 0 Å². The van der Waals surface area contributed by atoms with Gasteiger partial charge in [-0.15, -0.1) is 10.2 Å². The van der Waals surface area contributed by atoms with Gasteiger partial charge in [0.25, 0.3) is 11.7 Å². The van der Waals surface area contributed by atoms with E-state index in [1.165, 1.54) is 0 Å². The Bertz CT molecular complexity index is 928. The quantitative estimate of drug-likeness (QED) is 0.574. The number of carbonyl (C=O) groups excluding carboxylic acids is 1. The second kappa shape index (κ2) is 8.41. The third kappa shape index (κ3) is 5.11. The minimum absolute atomic E-state index is 0.137. The van der Waals surface area contributed by atoms with E-state index in [9.17, 15) is 9.59 Å². The summed E-state index contributed by atoms with van der Waals surface area (Å²) < 4.78 is 0. The van der Waals surface area contributed by atoms with Crippen LogP contribution in [0.4, 0.5) is 0 Å². The van der Waals surface area contributed by atoms with Gasteiger partial charge in [0.1, 0.15) is 0 Å². The average Bonchev–Trinajstić information content (AvgIpc) is 3.16. The van der Waals surface area contributed by atoms with Crippen molar-refractivity contribution in [1.82, 2.24) is 25.9 Å². The number of amides is 1. The molecule has 3 aromatic rings. The smallest absolute Gasteiger partial charge is 0.305 e. The maximum absolute atomic E-state index is 12.1. The molecule has 1 unspecified atom stereocenters. The first-order valence-corrected chi connectivity index (χ1v) is 8.50. The summed E-state index contributed by atoms with van der Waals surface area (Å²) in [5.41, 5.74) is 2.87. The molecule has 3 rings (SSSR count). The zero-order valence-electron chi connectivity index (χ0n) is 14.1. The first kappa shape index (κ1) is 18.5. The van der Waals surface area contributed by atoms with E-state index in [0.29, 0.717) is 11.4 Å². The third-order valence-electron chi connectivity index (χ3n) is 3.90. The van der Waals surface area contributed by atoms with Crippen LogP contribution in [0.5, 0.6) is 0 Å². The van der Waals surface area contributed by atoms with E-state index >= 15 is 0 Å². The molecule has 1 heterocycles. The molecule has 1 atom stereocenters. The molecule has 0 saturated heterocycles. The second-order valence-electron chi connectivity index (χ2n) is 5.92. The Balaban J connectivity index is 1.71. The fourth-order valence-electron chi connectivity index (χ4n) is 2.68. The number of benzene rings is 2. The average molecular weight is 386 g/mol. The third-order valence-corrected chi connectivity index (χ3v) is 4.13. The highest BCUT2D eigenvalue weighted by Gasteiger charge is 2.20. The summed E-state index contributed by atoms with van der Waals surface area (Å²) in [6, 6.07) is 14.6. The number of hydrogen-bond donors (Lipinski definition) is 3. The van der Waals surface area contributed by atoms with Crippen LogP contribution in [0.15, 0.2) is 48.5 Å². The highest BCUT2D eigenvalue weighted by Crippen LogP contribution is 2.23. The highest BCUT2D eigenvalue weighted by molar-refractivity contribution is 6.30. The molecule has 138 valence electrons. The van der Waals surface area contributed by atoms with E-state index in [1.54, 1.807) is 0 Å². The molecule has 0 saturated carbocycles. The van der Waals surface area contributed by atoms with E-state index in [-0.39, 0.29) is 12.2 Å². The summed E-state index contributed by atoms with van der Waals surface area (Å²) in [7, 11) is 0. The number of rotatable bonds is 7. The molecule has 0 radical (unpaired) electrons. The number of H-pyrrole nitrogens is 1. The molecule has 27 heavy (non-hydrogen) atoms. The lowest BCUT2D eigenvalue weighted by molar-refractivity contribution is -0.137. The maximum atomic E-state index is 12.1. The second-order valence-corrected chi connectivity index (χ2v) is 6.35. The number of carboxylic acids is 1. The predicted molar refractivity (Wildman–Crippen MR) is 98.3 cm³/mol. The van der Waals surface area contributed by atoms with Crippen LogP contribution in [-0.4, -0.2) is 43.6 Å². The van der Waals surface area contributed by atoms with Crippen molar-refractivity contribution in [3.05, 3.63) is 64.9 Å². The van der Waals surface area contributed by atoms with Gasteiger partial charge >= 0.3 is 5.97 Å². The van der Waals surface area contributed by atoms with Crippen LogP contribution < -0.4 is 5.32 Å². The van der Waals surface area contributed by atoms with Gasteiger partial charge in [0.05, 0.1) is 6.42 Å². The van der Waals surface area contributed by atoms with Crippen LogP contribution in [0.2, 0.25) is 5.02 Å². The van der Waals surface area contributed by atoms with Crippen molar-refractivity contribution in [2.45, 2.75) is 18.9 Å². The fourth-order valence-corrected chi connectivity index (χ4v) is 2.87. The van der Waals surface area contributed by atoms with E-state index in [1.807, 2.05) is 48.5 Å². The molecular weight excluding hydrogens is 370 g/mol. The molecule has 3 N–H and O–H groups in total. The number of hydrogen-bond acceptors (Lipinski definition) is 5. The molecule has 0 fully saturated rings. The molecule has 0 aliphatic rings. The first-order valence-electron chi connectivity index (χ1n) is 8.12. The molecule has 8 nitrogen and oxygen atoms in total. The largest absolute Gasteiger partial charge is 0.481 e. The van der Waals surface area contributed by atoms with Gasteiger partial charge in [-0.3, -0.25) is 9.59 Å². The predicted octanol–water partition coefficient (Wildman–Crippen LogP) is 2.34. The number of aliphatic carboxylic acids is 1. The Kier molecular flexibility index (Phi) is 5.77. The summed E-state index contributed by atoms with van der Waals surface area (Å²) in [5.74, 6) is -1.73. The molecule has 1 amide bonds. The van der Waals surface area contributed by atoms with Crippen LogP contribution >= 0.6 is 11.6 Å². The minimum atomic E-state index is -1.01. The fraction of sp³-hybridized carbons (Fsp3) is 0.167. The molecular formula is C18H16ClN5O3. The lowest BCUT2D eigenvalue weighted by Crippen LogP contribution is -2.38. The topological polar surface area (TPSA) is 121 Å². The lowest BCUT2D eigenvalue weighted by atomic mass is 9.99. The van der Waals surface area contributed by atoms with E-state index < -0.39 is 17.9 Å². The molecule has 0 aliphatic heterocycles. The van der Waals surface area contributed by atoms with Gasteiger partial charge in [0.15, 0.2) is 0 Å². The number of nitrogens with one attached hydrogen (secondary N) is 2. The Hall–Kier alpha value is -3.26. The lowest BCUT2D eigenvalue weighted by Gasteiger charge is -2.16. The number of carboxylic acid groups (broad SMARTS) is 1. The molecule has 0 spiro atoms. The van der Waals surface area contributed by atoms with Crippen LogP contribution in [0, 0.1) is 0 Å². The van der Waals surface area contributed by atoms with Gasteiger partial charge in [-0.05, 0) is 40.5 Å². The van der Waals surface area contributed by atoms with Crippen LogP contribution in [0.3, 0.4) is 0 Å². The van der Waals surface area contributed by atoms with Gasteiger partial charge < -0.3 is 10.4 Å². The number of tetrazole rings is 1. The van der Waals surface area contributed by atoms with Gasteiger partial charge in [-0.2, -0.15) is 5.21 Å². The number of aromatic amines is 1. The van der Waals surface area contributed by atoms with E-state index in [0.717, 1.165) is 16.7 Å². The number of nitrogens with zero attached hydrogens (tertiary/aromatic N) is 3. The van der Waals surface area contributed by atoms with Crippen molar-refractivity contribution in [2.75, 3.05) is 0 Å². The van der Waals surface area contributed by atoms with Crippen molar-refractivity contribution < 1.29 is 14.7 Å². The number of halogens is 1. The summed E-state index contributed by atoms with van der Waals surface area (Å²) in [6.07, 6.45) is 0.130. The molecule has 9 heteroatoms. The zero-order chi connectivity index (χ0) is 19.2. The summed E-state index contributed by atoms with van der Waals surface area (Å²) in [6.45, 7) is 0. The van der Waals surface area contributed by atoms with E-state index in [4.69, 9.17) is 16.7 Å². The van der Waals surface area contributed by atoms with E-state index in [2.05, 4.69) is 25.9 Å². The van der Waals surface area contributed by atoms with Crippen molar-refractivity contribution in [3.8, 4) is 11.1 Å². The zero-order valence-corrected chi connectivity index (χ0v) is 14.8. The van der Waals surface area contributed by atoms with Crippen molar-refractivity contribution >= 4 is 23.5 Å². The molecule has 1 aromatic heterocycles. The monoisotopic (exact) mass is 385 g/mol. The summed E-state index contributed by atoms with van der Waals surface area (Å²) in [5, 5.41) is 25.1. The minimum Gasteiger partial charge on any atom is -0.481 e. The highest BCUT2D eigenvalue weighted by atomic mass is 35.5. The van der Waals surface area contributed by atoms with Crippen molar-refractivity contribution in [3.63, 3.8) is 0 Å².